The summed E-state index contributed by atoms with van der Waals surface area (Å²) >= 11 is 0. The van der Waals surface area contributed by atoms with Crippen molar-refractivity contribution in [2.75, 3.05) is 5.32 Å². The SMILES string of the molecule is CC(C)C[C@@H](NS(=O)(=O)c1ccc2c(c1)CCCC(=O)N2)C(=O)NC1CCCCCCC1. The Morgan fingerprint density at radius 1 is 1.06 bits per heavy atom. The molecule has 3 N–H and O–H groups in total. The van der Waals surface area contributed by atoms with E-state index in [0.717, 1.165) is 31.2 Å². The third kappa shape index (κ3) is 7.04. The van der Waals surface area contributed by atoms with E-state index in [0.29, 0.717) is 31.4 Å². The van der Waals surface area contributed by atoms with Crippen LogP contribution in [-0.4, -0.2) is 32.3 Å². The third-order valence-electron chi connectivity index (χ3n) is 6.28. The van der Waals surface area contributed by atoms with Crippen LogP contribution in [0.25, 0.3) is 0 Å². The fourth-order valence-electron chi connectivity index (χ4n) is 4.56. The Morgan fingerprint density at radius 2 is 1.75 bits per heavy atom. The Morgan fingerprint density at radius 3 is 2.44 bits per heavy atom. The maximum absolute atomic E-state index is 13.2. The molecule has 3 rings (SSSR count). The first-order valence-electron chi connectivity index (χ1n) is 12.0. The number of amides is 2. The molecular weight excluding hydrogens is 426 g/mol. The third-order valence-corrected chi connectivity index (χ3v) is 7.75. The number of nitrogens with one attached hydrogen (secondary N) is 3. The second kappa shape index (κ2) is 11.3. The number of benzene rings is 1. The number of hydrogen-bond acceptors (Lipinski definition) is 4. The zero-order valence-electron chi connectivity index (χ0n) is 19.3. The lowest BCUT2D eigenvalue weighted by atomic mass is 9.96. The molecule has 0 radical (unpaired) electrons. The highest BCUT2D eigenvalue weighted by molar-refractivity contribution is 7.89. The molecular formula is C24H37N3O4S. The lowest BCUT2D eigenvalue weighted by Gasteiger charge is -2.25. The highest BCUT2D eigenvalue weighted by Gasteiger charge is 2.29. The first kappa shape index (κ1) is 24.7. The molecule has 1 aliphatic heterocycles. The summed E-state index contributed by atoms with van der Waals surface area (Å²) in [7, 11) is -3.89. The van der Waals surface area contributed by atoms with Crippen molar-refractivity contribution in [1.82, 2.24) is 10.0 Å². The Hall–Kier alpha value is -1.93. The van der Waals surface area contributed by atoms with Crippen molar-refractivity contribution in [2.24, 2.45) is 5.92 Å². The van der Waals surface area contributed by atoms with Crippen LogP contribution < -0.4 is 15.4 Å². The molecule has 0 aromatic heterocycles. The Labute approximate surface area is 192 Å². The lowest BCUT2D eigenvalue weighted by Crippen LogP contribution is -2.50. The van der Waals surface area contributed by atoms with Crippen molar-refractivity contribution in [3.63, 3.8) is 0 Å². The van der Waals surface area contributed by atoms with Gasteiger partial charge in [-0.25, -0.2) is 8.42 Å². The van der Waals surface area contributed by atoms with Crippen LogP contribution in [0, 0.1) is 5.92 Å². The molecule has 2 amide bonds. The fraction of sp³-hybridized carbons (Fsp3) is 0.667. The van der Waals surface area contributed by atoms with E-state index in [1.165, 1.54) is 25.3 Å². The maximum atomic E-state index is 13.2. The van der Waals surface area contributed by atoms with Crippen LogP contribution in [0.3, 0.4) is 0 Å². The zero-order chi connectivity index (χ0) is 23.1. The average Bonchev–Trinajstić information content (AvgIpc) is 2.88. The van der Waals surface area contributed by atoms with Gasteiger partial charge in [-0.05, 0) is 61.8 Å². The number of hydrogen-bond donors (Lipinski definition) is 3. The van der Waals surface area contributed by atoms with Crippen molar-refractivity contribution in [2.45, 2.75) is 101 Å². The van der Waals surface area contributed by atoms with Gasteiger partial charge in [0.25, 0.3) is 0 Å². The van der Waals surface area contributed by atoms with Crippen molar-refractivity contribution in [1.29, 1.82) is 0 Å². The molecule has 0 bridgehead atoms. The van der Waals surface area contributed by atoms with Gasteiger partial charge in [0.1, 0.15) is 6.04 Å². The topological polar surface area (TPSA) is 104 Å². The number of anilines is 1. The van der Waals surface area contributed by atoms with Crippen molar-refractivity contribution in [3.05, 3.63) is 23.8 Å². The Balaban J connectivity index is 1.74. The minimum absolute atomic E-state index is 0.0552. The maximum Gasteiger partial charge on any atom is 0.241 e. The normalized spacial score (nSPS) is 19.3. The molecule has 8 heteroatoms. The Kier molecular flexibility index (Phi) is 8.71. The first-order valence-corrected chi connectivity index (χ1v) is 13.5. The lowest BCUT2D eigenvalue weighted by molar-refractivity contribution is -0.124. The standard InChI is InChI=1S/C24H37N3O4S/c1-17(2)15-22(24(29)25-19-10-6-4-3-5-7-11-19)27-32(30,31)20-13-14-21-18(16-20)9-8-12-23(28)26-21/h13-14,16-17,19,22,27H,3-12,15H2,1-2H3,(H,25,29)(H,26,28)/t22-/m1/s1. The number of rotatable bonds is 7. The molecule has 0 unspecified atom stereocenters. The van der Waals surface area contributed by atoms with Crippen molar-refractivity contribution < 1.29 is 18.0 Å². The van der Waals surface area contributed by atoms with E-state index >= 15 is 0 Å². The smallest absolute Gasteiger partial charge is 0.241 e. The van der Waals surface area contributed by atoms with Gasteiger partial charge in [-0.2, -0.15) is 4.72 Å². The van der Waals surface area contributed by atoms with Crippen LogP contribution >= 0.6 is 0 Å². The van der Waals surface area contributed by atoms with E-state index < -0.39 is 16.1 Å². The molecule has 1 heterocycles. The molecule has 1 atom stereocenters. The van der Waals surface area contributed by atoms with Crippen LogP contribution in [0.4, 0.5) is 5.69 Å². The summed E-state index contributed by atoms with van der Waals surface area (Å²) in [4.78, 5) is 25.0. The number of carbonyl (C=O) groups is 2. The summed E-state index contributed by atoms with van der Waals surface area (Å²) in [5.74, 6) is -0.136. The van der Waals surface area contributed by atoms with Crippen molar-refractivity contribution in [3.8, 4) is 0 Å². The Bertz CT molecular complexity index is 906. The predicted octanol–water partition coefficient (Wildman–Crippen LogP) is 3.88. The molecule has 1 aromatic carbocycles. The van der Waals surface area contributed by atoms with E-state index in [1.54, 1.807) is 12.1 Å². The minimum atomic E-state index is -3.89. The van der Waals surface area contributed by atoms with Gasteiger partial charge in [0.05, 0.1) is 4.90 Å². The van der Waals surface area contributed by atoms with Crippen molar-refractivity contribution >= 4 is 27.5 Å². The van der Waals surface area contributed by atoms with Crippen LogP contribution in [0.2, 0.25) is 0 Å². The summed E-state index contributed by atoms with van der Waals surface area (Å²) in [6, 6.07) is 4.04. The van der Waals surface area contributed by atoms with Gasteiger partial charge in [-0.3, -0.25) is 9.59 Å². The number of fused-ring (bicyclic) bond motifs is 1. The summed E-state index contributed by atoms with van der Waals surface area (Å²) in [5, 5.41) is 5.94. The zero-order valence-corrected chi connectivity index (χ0v) is 20.1. The van der Waals surface area contributed by atoms with Crippen LogP contribution in [0.5, 0.6) is 0 Å². The van der Waals surface area contributed by atoms with Crippen LogP contribution in [0.1, 0.15) is 83.6 Å². The highest BCUT2D eigenvalue weighted by Crippen LogP contribution is 2.25. The van der Waals surface area contributed by atoms with Gasteiger partial charge < -0.3 is 10.6 Å². The molecule has 2 aliphatic rings. The number of sulfonamides is 1. The molecule has 1 aromatic rings. The highest BCUT2D eigenvalue weighted by atomic mass is 32.2. The largest absolute Gasteiger partial charge is 0.352 e. The molecule has 178 valence electrons. The van der Waals surface area contributed by atoms with Crippen LogP contribution in [-0.2, 0) is 26.0 Å². The summed E-state index contributed by atoms with van der Waals surface area (Å²) in [5.41, 5.74) is 1.46. The quantitative estimate of drug-likeness (QED) is 0.571. The molecule has 0 saturated heterocycles. The average molecular weight is 464 g/mol. The van der Waals surface area contributed by atoms with Gasteiger partial charge in [0, 0.05) is 18.2 Å². The van der Waals surface area contributed by atoms with Gasteiger partial charge in [-0.15, -0.1) is 0 Å². The fourth-order valence-corrected chi connectivity index (χ4v) is 5.81. The predicted molar refractivity (Wildman–Crippen MR) is 126 cm³/mol. The second-order valence-electron chi connectivity index (χ2n) is 9.57. The van der Waals surface area contributed by atoms with Gasteiger partial charge in [0.15, 0.2) is 0 Å². The molecule has 0 spiro atoms. The van der Waals surface area contributed by atoms with Gasteiger partial charge >= 0.3 is 0 Å². The molecule has 1 aliphatic carbocycles. The van der Waals surface area contributed by atoms with E-state index in [1.807, 2.05) is 13.8 Å². The number of carbonyl (C=O) groups excluding carboxylic acids is 2. The second-order valence-corrected chi connectivity index (χ2v) is 11.3. The van der Waals surface area contributed by atoms with Crippen LogP contribution in [0.15, 0.2) is 23.1 Å². The molecule has 32 heavy (non-hydrogen) atoms. The van der Waals surface area contributed by atoms with Gasteiger partial charge in [0.2, 0.25) is 21.8 Å². The van der Waals surface area contributed by atoms with E-state index in [4.69, 9.17) is 0 Å². The summed E-state index contributed by atoms with van der Waals surface area (Å²) in [6.07, 6.45) is 9.87. The summed E-state index contributed by atoms with van der Waals surface area (Å²) in [6.45, 7) is 3.96. The summed E-state index contributed by atoms with van der Waals surface area (Å²) < 4.78 is 29.0. The van der Waals surface area contributed by atoms with Gasteiger partial charge in [-0.1, -0.05) is 46.0 Å². The minimum Gasteiger partial charge on any atom is -0.352 e. The molecule has 1 fully saturated rings. The van der Waals surface area contributed by atoms with E-state index in [-0.39, 0.29) is 28.7 Å². The van der Waals surface area contributed by atoms with E-state index in [9.17, 15) is 18.0 Å². The monoisotopic (exact) mass is 463 g/mol. The number of aryl methyl sites for hydroxylation is 1. The molecule has 7 nitrogen and oxygen atoms in total. The first-order chi connectivity index (χ1) is 15.2. The molecule has 1 saturated carbocycles. The van der Waals surface area contributed by atoms with E-state index in [2.05, 4.69) is 15.4 Å².